The lowest BCUT2D eigenvalue weighted by molar-refractivity contribution is -0.124. The molecule has 0 aliphatic carbocycles. The van der Waals surface area contributed by atoms with Crippen LogP contribution in [0.25, 0.3) is 48.2 Å². The number of fused-ring (bicyclic) bond motifs is 11. The van der Waals surface area contributed by atoms with Gasteiger partial charge in [-0.1, -0.05) is 12.2 Å². The van der Waals surface area contributed by atoms with Crippen LogP contribution in [0.5, 0.6) is 0 Å². The molecule has 6 atom stereocenters. The molecule has 0 saturated carbocycles. The molecule has 78 heavy (non-hydrogen) atoms. The van der Waals surface area contributed by atoms with E-state index in [1.54, 1.807) is 55.9 Å². The smallest absolute Gasteiger partial charge is 0.275 e. The molecule has 1 aliphatic heterocycles. The number of amides is 6. The molecule has 7 aromatic rings. The van der Waals surface area contributed by atoms with Crippen LogP contribution in [0.15, 0.2) is 63.1 Å². The van der Waals surface area contributed by atoms with Gasteiger partial charge in [0.1, 0.15) is 82.3 Å². The van der Waals surface area contributed by atoms with Crippen LogP contribution >= 0.6 is 68.0 Å². The summed E-state index contributed by atoms with van der Waals surface area (Å²) >= 11 is 6.88. The second-order valence-electron chi connectivity index (χ2n) is 17.9. The number of rotatable bonds is 11. The van der Waals surface area contributed by atoms with Crippen molar-refractivity contribution < 1.29 is 48.8 Å². The van der Waals surface area contributed by atoms with Crippen molar-refractivity contribution in [3.05, 3.63) is 101 Å². The van der Waals surface area contributed by atoms with Gasteiger partial charge in [-0.2, -0.15) is 0 Å². The van der Waals surface area contributed by atoms with Crippen LogP contribution in [0.4, 0.5) is 0 Å². The molecular formula is C49H51N13O10S6. The number of ether oxygens (including phenoxy) is 1. The van der Waals surface area contributed by atoms with Gasteiger partial charge in [0.15, 0.2) is 0 Å². The number of nitrogens with one attached hydrogen (secondary N) is 6. The molecule has 0 unspecified atom stereocenters. The van der Waals surface area contributed by atoms with E-state index in [4.69, 9.17) is 19.7 Å². The highest BCUT2D eigenvalue weighted by Crippen LogP contribution is 2.40. The highest BCUT2D eigenvalue weighted by Gasteiger charge is 2.36. The molecule has 0 aromatic carbocycles. The van der Waals surface area contributed by atoms with E-state index < -0.39 is 77.5 Å². The first-order valence-corrected chi connectivity index (χ1v) is 28.9. The fourth-order valence-corrected chi connectivity index (χ4v) is 12.7. The van der Waals surface area contributed by atoms with Gasteiger partial charge in [-0.25, -0.2) is 34.9 Å². The van der Waals surface area contributed by atoms with Crippen molar-refractivity contribution in [3.8, 4) is 42.5 Å². The lowest BCUT2D eigenvalue weighted by atomic mass is 9.99. The number of hydrogen-bond acceptors (Lipinski definition) is 23. The second-order valence-corrected chi connectivity index (χ2v) is 23.3. The maximum absolute atomic E-state index is 14.1. The van der Waals surface area contributed by atoms with E-state index in [2.05, 4.69) is 51.8 Å². The molecule has 29 heteroatoms. The number of carbonyl (C=O) groups is 6. The number of methoxy groups -OCH3 is 1. The van der Waals surface area contributed by atoms with Crippen molar-refractivity contribution >= 4 is 109 Å². The summed E-state index contributed by atoms with van der Waals surface area (Å²) in [7, 11) is 1.49. The summed E-state index contributed by atoms with van der Waals surface area (Å²) in [6.45, 7) is 10.8. The van der Waals surface area contributed by atoms with E-state index in [1.165, 1.54) is 91.0 Å². The van der Waals surface area contributed by atoms with E-state index in [9.17, 15) is 44.1 Å². The lowest BCUT2D eigenvalue weighted by Crippen LogP contribution is -2.52. The number of aromatic nitrogens is 7. The Kier molecular flexibility index (Phi) is 17.9. The summed E-state index contributed by atoms with van der Waals surface area (Å²) in [6.07, 6.45) is 1.79. The number of nitrogens with zero attached hydrogens (tertiary/aromatic N) is 7. The summed E-state index contributed by atoms with van der Waals surface area (Å²) in [5.41, 5.74) is 0.307. The predicted molar refractivity (Wildman–Crippen MR) is 297 cm³/mol. The van der Waals surface area contributed by atoms with Gasteiger partial charge in [-0.15, -0.1) is 68.0 Å². The summed E-state index contributed by atoms with van der Waals surface area (Å²) in [6, 6.07) is 0.0985. The molecule has 0 spiro atoms. The Hall–Kier alpha value is -6.93. The number of allylic oxidation sites excluding steroid dienone is 2. The molecule has 0 fully saturated rings. The molecule has 408 valence electrons. The third-order valence-corrected chi connectivity index (χ3v) is 17.1. The molecular weight excluding hydrogens is 1120 g/mol. The molecule has 6 amide bonds. The van der Waals surface area contributed by atoms with Gasteiger partial charge in [0, 0.05) is 52.3 Å². The molecule has 0 saturated heterocycles. The number of carbonyl (C=O) groups excluding carboxylic acids is 6. The van der Waals surface area contributed by atoms with Crippen molar-refractivity contribution in [2.24, 2.45) is 0 Å². The SMILES string of the molecule is C/C=C1\NC(=O)[C@H]([C@@H](C)O)NC(=O)c2csc(n2)-c2ccc(-c3nc(-c4nc(C(=O)N/C(=C/C)C(=O)NC[C@@H](C)O)cs4)cs3)nc2-c2cnc(s2)[C@H]([C@@H](C)OC)NC(=O)c2csc(n2)[C@@H](C(C)(C)O)NC(=O)c2csc1n2. The van der Waals surface area contributed by atoms with Crippen LogP contribution in [0, 0.1) is 0 Å². The quantitative estimate of drug-likeness (QED) is 0.0738. The van der Waals surface area contributed by atoms with Gasteiger partial charge in [0.25, 0.3) is 29.5 Å². The summed E-state index contributed by atoms with van der Waals surface area (Å²) < 4.78 is 5.75. The lowest BCUT2D eigenvalue weighted by Gasteiger charge is -2.28. The molecule has 23 nitrogen and oxygen atoms in total. The maximum Gasteiger partial charge on any atom is 0.275 e. The number of aliphatic hydroxyl groups excluding tert-OH is 2. The monoisotopic (exact) mass is 1170 g/mol. The topological polar surface area (TPSA) is 335 Å². The number of aliphatic hydroxyl groups is 3. The molecule has 9 N–H and O–H groups in total. The van der Waals surface area contributed by atoms with Gasteiger partial charge < -0.3 is 52.0 Å². The van der Waals surface area contributed by atoms with E-state index in [0.29, 0.717) is 47.6 Å². The summed E-state index contributed by atoms with van der Waals surface area (Å²) in [5.74, 6) is -3.99. The minimum Gasteiger partial charge on any atom is -0.392 e. The average Bonchev–Trinajstić information content (AvgIpc) is 4.30. The van der Waals surface area contributed by atoms with Crippen LogP contribution in [-0.4, -0.2) is 129 Å². The first-order chi connectivity index (χ1) is 37.1. The molecule has 1 aliphatic rings. The van der Waals surface area contributed by atoms with Gasteiger partial charge in [-0.3, -0.25) is 28.8 Å². The number of pyridine rings is 1. The van der Waals surface area contributed by atoms with Gasteiger partial charge in [0.2, 0.25) is 5.91 Å². The van der Waals surface area contributed by atoms with E-state index >= 15 is 0 Å². The Bertz CT molecular complexity index is 3460. The fourth-order valence-electron chi connectivity index (χ4n) is 7.33. The largest absolute Gasteiger partial charge is 0.392 e. The van der Waals surface area contributed by atoms with Crippen LogP contribution in [0.3, 0.4) is 0 Å². The van der Waals surface area contributed by atoms with Crippen molar-refractivity contribution in [2.45, 2.75) is 90.5 Å². The minimum atomic E-state index is -1.58. The second kappa shape index (κ2) is 24.4. The van der Waals surface area contributed by atoms with Crippen molar-refractivity contribution in [3.63, 3.8) is 0 Å². The Morgan fingerprint density at radius 2 is 1.35 bits per heavy atom. The zero-order valence-corrected chi connectivity index (χ0v) is 47.6. The molecule has 0 radical (unpaired) electrons. The minimum absolute atomic E-state index is 0.00194. The van der Waals surface area contributed by atoms with Crippen LogP contribution in [-0.2, 0) is 14.3 Å². The van der Waals surface area contributed by atoms with E-state index in [1.807, 2.05) is 0 Å². The van der Waals surface area contributed by atoms with Crippen LogP contribution in [0.2, 0.25) is 0 Å². The summed E-state index contributed by atoms with van der Waals surface area (Å²) in [4.78, 5) is 115. The average molecular weight is 1170 g/mol. The highest BCUT2D eigenvalue weighted by atomic mass is 32.1. The van der Waals surface area contributed by atoms with Crippen molar-refractivity contribution in [1.29, 1.82) is 0 Å². The van der Waals surface area contributed by atoms with Crippen molar-refractivity contribution in [2.75, 3.05) is 13.7 Å². The standard InChI is InChI=1S/C49H51N13O10S6/c1-9-24(37(65)50-13-20(3)63)53-38(66)27-16-75-46(57-27)31-19-76-45(59-31)26-12-11-23-35(52-26)32-14-51-47(78-32)34(22(5)72-8)61-40(68)29-18-77-48(58-29)36(49(6,7)71)62-41(69)30-17-74-44(56-30)25(10-2)54-42(70)33(21(4)64)60-39(67)28-15-73-43(23)55-28/h9-12,14-22,33-34,36,63-64,71H,13H2,1-8H3,(H,50,65)(H,53,66)(H,54,70)(H,60,67)(H,61,68)(H,62,69)/b24-9+,25-10-/t20-,21-,22-,33+,34+,36+/m1/s1. The number of thiazole rings is 6. The fraction of sp³-hybridized carbons (Fsp3) is 0.327. The number of hydrogen-bond donors (Lipinski definition) is 9. The highest BCUT2D eigenvalue weighted by molar-refractivity contribution is 7.16. The molecule has 7 aromatic heterocycles. The van der Waals surface area contributed by atoms with Crippen LogP contribution in [0.1, 0.15) is 118 Å². The first-order valence-electron chi connectivity index (χ1n) is 23.7. The van der Waals surface area contributed by atoms with Gasteiger partial charge in [-0.05, 0) is 60.6 Å². The van der Waals surface area contributed by atoms with Gasteiger partial charge >= 0.3 is 0 Å². The first kappa shape index (κ1) is 57.3. The Balaban J connectivity index is 1.16. The zero-order chi connectivity index (χ0) is 56.2. The molecule has 8 bridgehead atoms. The Morgan fingerprint density at radius 1 is 0.744 bits per heavy atom. The maximum atomic E-state index is 14.1. The third-order valence-electron chi connectivity index (χ3n) is 11.6. The Morgan fingerprint density at radius 3 is 2.01 bits per heavy atom. The Labute approximate surface area is 469 Å². The van der Waals surface area contributed by atoms with E-state index in [0.717, 1.165) is 34.0 Å². The van der Waals surface area contributed by atoms with Crippen molar-refractivity contribution in [1.82, 2.24) is 66.8 Å². The normalized spacial score (nSPS) is 18.5. The zero-order valence-electron chi connectivity index (χ0n) is 42.7. The van der Waals surface area contributed by atoms with Gasteiger partial charge in [0.05, 0.1) is 45.9 Å². The third kappa shape index (κ3) is 13.0. The summed E-state index contributed by atoms with van der Waals surface area (Å²) in [5, 5.41) is 57.8. The predicted octanol–water partition coefficient (Wildman–Crippen LogP) is 5.34. The van der Waals surface area contributed by atoms with Crippen LogP contribution < -0.4 is 31.9 Å². The molecule has 8 heterocycles. The van der Waals surface area contributed by atoms with E-state index in [-0.39, 0.29) is 50.7 Å². The molecule has 8 rings (SSSR count).